The molecule has 7 nitrogen and oxygen atoms in total. The predicted molar refractivity (Wildman–Crippen MR) is 89.2 cm³/mol. The molecule has 0 atom stereocenters. The second-order valence-corrected chi connectivity index (χ2v) is 13.9. The van der Waals surface area contributed by atoms with Crippen LogP contribution in [-0.2, 0) is 31.0 Å². The van der Waals surface area contributed by atoms with Gasteiger partial charge in [-0.1, -0.05) is 6.07 Å². The molecular weight excluding hydrogens is 458 g/mol. The van der Waals surface area contributed by atoms with Crippen LogP contribution in [0.3, 0.4) is 0 Å². The number of pyridine rings is 1. The minimum atomic E-state index is -6.72. The highest BCUT2D eigenvalue weighted by Gasteiger charge is 2.46. The van der Waals surface area contributed by atoms with Gasteiger partial charge in [-0.3, -0.25) is 0 Å². The minimum absolute atomic E-state index is 0.778. The number of alkyl halides is 6. The average Bonchev–Trinajstić information content (AvgIpc) is 2.44. The summed E-state index contributed by atoms with van der Waals surface area (Å²) in [4.78, 5) is 0. The van der Waals surface area contributed by atoms with Crippen molar-refractivity contribution in [3.05, 3.63) is 34.7 Å². The summed E-state index contributed by atoms with van der Waals surface area (Å²) >= 11 is 0. The molecule has 16 heteroatoms. The van der Waals surface area contributed by atoms with Crippen LogP contribution in [0.1, 0.15) is 0 Å². The molecule has 0 aliphatic carbocycles. The number of sulfonamides is 2. The van der Waals surface area contributed by atoms with Crippen molar-refractivity contribution in [1.82, 2.24) is 0 Å². The van der Waals surface area contributed by atoms with E-state index in [1.165, 1.54) is 0 Å². The maximum Gasteiger partial charge on any atom is 0.480 e. The third kappa shape index (κ3) is 9.81. The van der Waals surface area contributed by atoms with Crippen molar-refractivity contribution >= 4 is 28.4 Å². The summed E-state index contributed by atoms with van der Waals surface area (Å²) in [5, 5.41) is 0. The smallest absolute Gasteiger partial charge is 0.421 e. The van der Waals surface area contributed by atoms with Gasteiger partial charge in [-0.05, 0) is 19.6 Å². The Hall–Kier alpha value is -1.23. The number of rotatable bonds is 6. The van der Waals surface area contributed by atoms with E-state index in [0.717, 1.165) is 17.3 Å². The molecule has 0 saturated carbocycles. The fraction of sp³-hybridized carbons (Fsp3) is 0.583. The summed E-state index contributed by atoms with van der Waals surface area (Å²) in [6, 6.07) is 6.10. The molecule has 0 aromatic carbocycles. The maximum absolute atomic E-state index is 11.4. The molecule has 0 unspecified atom stereocenters. The van der Waals surface area contributed by atoms with Gasteiger partial charge in [0, 0.05) is 12.1 Å². The number of hydrogen-bond donors (Lipinski definition) is 0. The lowest BCUT2D eigenvalue weighted by molar-refractivity contribution is -0.697. The standard InChI is InChI=1S/C10H18NOSi.C2F6NO4S2/c1-13(2,3)12-10-9-11-7-5-4-6-8-11;3-1(4,5)14(10,11)9-15(12,13)2(6,7)8/h4-8H,9-10H2,1-3H3;/q+1;-1. The number of hydrogen-bond acceptors (Lipinski definition) is 5. The molecule has 0 aliphatic rings. The molecular formula is C12H18F6N2O5S2Si. The molecule has 0 aliphatic heterocycles. The fourth-order valence-corrected chi connectivity index (χ4v) is 3.67. The minimum Gasteiger partial charge on any atom is -0.421 e. The Balaban J connectivity index is 0.000000525. The SMILES string of the molecule is C[Si](C)(C)OCC[n+]1ccccc1.O=S(=O)([N-]S(=O)(=O)C(F)(F)F)C(F)(F)F. The topological polar surface area (TPSA) is 95.5 Å². The molecule has 28 heavy (non-hydrogen) atoms. The summed E-state index contributed by atoms with van der Waals surface area (Å²) in [6.45, 7) is 8.41. The van der Waals surface area contributed by atoms with Crippen molar-refractivity contribution in [3.63, 3.8) is 0 Å². The Kier molecular flexibility index (Phi) is 9.09. The quantitative estimate of drug-likeness (QED) is 0.358. The van der Waals surface area contributed by atoms with Crippen LogP contribution >= 0.6 is 0 Å². The van der Waals surface area contributed by atoms with Gasteiger partial charge in [0.05, 0.1) is 6.61 Å². The van der Waals surface area contributed by atoms with Crippen LogP contribution in [0.4, 0.5) is 26.3 Å². The van der Waals surface area contributed by atoms with E-state index in [1.807, 2.05) is 18.2 Å². The van der Waals surface area contributed by atoms with Gasteiger partial charge in [0.15, 0.2) is 47.3 Å². The van der Waals surface area contributed by atoms with Gasteiger partial charge in [0.25, 0.3) is 0 Å². The molecule has 164 valence electrons. The number of aromatic nitrogens is 1. The first-order chi connectivity index (χ1) is 12.3. The Morgan fingerprint density at radius 2 is 1.25 bits per heavy atom. The van der Waals surface area contributed by atoms with Crippen LogP contribution in [0.5, 0.6) is 0 Å². The summed E-state index contributed by atoms with van der Waals surface area (Å²) in [7, 11) is -14.8. The normalized spacial score (nSPS) is 13.6. The van der Waals surface area contributed by atoms with Crippen molar-refractivity contribution in [3.8, 4) is 0 Å². The second kappa shape index (κ2) is 9.51. The van der Waals surface area contributed by atoms with E-state index >= 15 is 0 Å². The van der Waals surface area contributed by atoms with E-state index in [4.69, 9.17) is 4.43 Å². The highest BCUT2D eigenvalue weighted by molar-refractivity contribution is 8.13. The molecule has 0 saturated heterocycles. The lowest BCUT2D eigenvalue weighted by atomic mass is 10.5. The molecule has 1 heterocycles. The molecule has 0 spiro atoms. The van der Waals surface area contributed by atoms with Gasteiger partial charge < -0.3 is 8.55 Å². The second-order valence-electron chi connectivity index (χ2n) is 5.99. The van der Waals surface area contributed by atoms with Gasteiger partial charge >= 0.3 is 11.0 Å². The Morgan fingerprint density at radius 3 is 1.57 bits per heavy atom. The zero-order valence-electron chi connectivity index (χ0n) is 14.8. The van der Waals surface area contributed by atoms with Gasteiger partial charge in [0.2, 0.25) is 0 Å². The van der Waals surface area contributed by atoms with Crippen LogP contribution in [0.25, 0.3) is 4.13 Å². The molecule has 1 aromatic rings. The first-order valence-electron chi connectivity index (χ1n) is 7.23. The summed E-state index contributed by atoms with van der Waals surface area (Å²) < 4.78 is 117. The van der Waals surface area contributed by atoms with Crippen LogP contribution in [0.15, 0.2) is 30.6 Å². The molecule has 1 rings (SSSR count). The first-order valence-corrected chi connectivity index (χ1v) is 13.5. The van der Waals surface area contributed by atoms with Gasteiger partial charge in [-0.15, -0.1) is 0 Å². The van der Waals surface area contributed by atoms with Crippen molar-refractivity contribution in [2.24, 2.45) is 0 Å². The number of halogens is 6. The van der Waals surface area contributed by atoms with E-state index in [2.05, 4.69) is 36.6 Å². The van der Waals surface area contributed by atoms with Crippen LogP contribution in [0, 0.1) is 0 Å². The van der Waals surface area contributed by atoms with Gasteiger partial charge in [-0.25, -0.2) is 21.4 Å². The highest BCUT2D eigenvalue weighted by Crippen LogP contribution is 2.36. The average molecular weight is 476 g/mol. The first kappa shape index (κ1) is 26.8. The molecule has 0 bridgehead atoms. The molecule has 0 radical (unpaired) electrons. The third-order valence-electron chi connectivity index (χ3n) is 2.44. The van der Waals surface area contributed by atoms with E-state index in [9.17, 15) is 43.2 Å². The van der Waals surface area contributed by atoms with Crippen LogP contribution in [-0.4, -0.2) is 42.8 Å². The molecule has 0 amide bonds. The number of nitrogens with zero attached hydrogens (tertiary/aromatic N) is 2. The van der Waals surface area contributed by atoms with Crippen molar-refractivity contribution in [2.45, 2.75) is 37.2 Å². The predicted octanol–water partition coefficient (Wildman–Crippen LogP) is 2.88. The fourth-order valence-electron chi connectivity index (χ4n) is 1.25. The van der Waals surface area contributed by atoms with E-state index in [-0.39, 0.29) is 0 Å². The van der Waals surface area contributed by atoms with E-state index in [1.54, 1.807) is 0 Å². The molecule has 1 aromatic heterocycles. The Labute approximate surface area is 159 Å². The van der Waals surface area contributed by atoms with E-state index in [0.29, 0.717) is 0 Å². The van der Waals surface area contributed by atoms with Crippen molar-refractivity contribution in [1.29, 1.82) is 0 Å². The van der Waals surface area contributed by atoms with Crippen LogP contribution in [0.2, 0.25) is 19.6 Å². The summed E-state index contributed by atoms with van der Waals surface area (Å²) in [5.41, 5.74) is -12.4. The zero-order valence-corrected chi connectivity index (χ0v) is 17.5. The lowest BCUT2D eigenvalue weighted by Crippen LogP contribution is -2.37. The molecule has 0 N–H and O–H groups in total. The largest absolute Gasteiger partial charge is 0.480 e. The maximum atomic E-state index is 11.4. The van der Waals surface area contributed by atoms with E-state index < -0.39 is 39.4 Å². The lowest BCUT2D eigenvalue weighted by Gasteiger charge is -2.22. The van der Waals surface area contributed by atoms with Gasteiger partial charge in [-0.2, -0.15) is 26.3 Å². The summed E-state index contributed by atoms with van der Waals surface area (Å²) in [5.74, 6) is 0. The van der Waals surface area contributed by atoms with Gasteiger partial charge in [0.1, 0.15) is 0 Å². The van der Waals surface area contributed by atoms with Crippen molar-refractivity contribution in [2.75, 3.05) is 6.61 Å². The Bertz CT molecular complexity index is 779. The third-order valence-corrected chi connectivity index (χ3v) is 6.25. The van der Waals surface area contributed by atoms with Crippen LogP contribution < -0.4 is 4.57 Å². The highest BCUT2D eigenvalue weighted by atomic mass is 32.3. The zero-order chi connectivity index (χ0) is 22.4. The molecule has 0 fully saturated rings. The Morgan fingerprint density at radius 1 is 0.857 bits per heavy atom. The monoisotopic (exact) mass is 476 g/mol. The summed E-state index contributed by atoms with van der Waals surface area (Å²) in [6.07, 6.45) is 4.13. The van der Waals surface area contributed by atoms with Crippen molar-refractivity contribution < 1.29 is 52.2 Å².